The maximum Gasteiger partial charge on any atom is 0.183 e. The molecule has 0 unspecified atom stereocenters. The molecule has 0 amide bonds. The first-order chi connectivity index (χ1) is 9.41. The summed E-state index contributed by atoms with van der Waals surface area (Å²) in [5, 5.41) is 3.87. The van der Waals surface area contributed by atoms with Gasteiger partial charge in [-0.1, -0.05) is 17.7 Å². The molecular formula is C16H19ClN2O. The van der Waals surface area contributed by atoms with Crippen LogP contribution in [0.5, 0.6) is 0 Å². The van der Waals surface area contributed by atoms with Crippen molar-refractivity contribution >= 4 is 23.1 Å². The minimum absolute atomic E-state index is 0.0885. The number of benzene rings is 1. The summed E-state index contributed by atoms with van der Waals surface area (Å²) in [6.07, 6.45) is 0. The highest BCUT2D eigenvalue weighted by Crippen LogP contribution is 2.23. The molecule has 2 rings (SSSR count). The Hall–Kier alpha value is -1.74. The molecule has 0 bridgehead atoms. The van der Waals surface area contributed by atoms with Gasteiger partial charge in [0.25, 0.3) is 0 Å². The molecule has 3 nitrogen and oxygen atoms in total. The summed E-state index contributed by atoms with van der Waals surface area (Å²) < 4.78 is 2.03. The first-order valence-electron chi connectivity index (χ1n) is 6.57. The van der Waals surface area contributed by atoms with Crippen LogP contribution in [0.4, 0.5) is 5.69 Å². The average Bonchev–Trinajstić information content (AvgIpc) is 2.68. The van der Waals surface area contributed by atoms with Crippen molar-refractivity contribution in [3.63, 3.8) is 0 Å². The fraction of sp³-hybridized carbons (Fsp3) is 0.312. The van der Waals surface area contributed by atoms with Crippen LogP contribution in [-0.2, 0) is 7.05 Å². The second kappa shape index (κ2) is 5.71. The van der Waals surface area contributed by atoms with Crippen molar-refractivity contribution in [1.29, 1.82) is 0 Å². The van der Waals surface area contributed by atoms with Crippen LogP contribution in [0.25, 0.3) is 0 Å². The highest BCUT2D eigenvalue weighted by Gasteiger charge is 2.14. The Morgan fingerprint density at radius 1 is 1.30 bits per heavy atom. The lowest BCUT2D eigenvalue weighted by Gasteiger charge is -2.10. The van der Waals surface area contributed by atoms with Gasteiger partial charge in [0.15, 0.2) is 5.78 Å². The third-order valence-corrected chi connectivity index (χ3v) is 4.19. The zero-order chi connectivity index (χ0) is 14.9. The van der Waals surface area contributed by atoms with Crippen LogP contribution in [0.2, 0.25) is 5.02 Å². The van der Waals surface area contributed by atoms with Crippen molar-refractivity contribution in [2.75, 3.05) is 11.9 Å². The Balaban J connectivity index is 2.13. The Morgan fingerprint density at radius 2 is 2.00 bits per heavy atom. The summed E-state index contributed by atoms with van der Waals surface area (Å²) in [7, 11) is 1.97. The van der Waals surface area contributed by atoms with Crippen LogP contribution in [0, 0.1) is 20.8 Å². The van der Waals surface area contributed by atoms with E-state index in [-0.39, 0.29) is 12.3 Å². The smallest absolute Gasteiger partial charge is 0.183 e. The number of hydrogen-bond acceptors (Lipinski definition) is 2. The van der Waals surface area contributed by atoms with Crippen LogP contribution in [-0.4, -0.2) is 16.9 Å². The Bertz CT molecular complexity index is 659. The van der Waals surface area contributed by atoms with Crippen LogP contribution in [0.15, 0.2) is 24.3 Å². The van der Waals surface area contributed by atoms with Gasteiger partial charge in [-0.2, -0.15) is 0 Å². The average molecular weight is 291 g/mol. The molecule has 20 heavy (non-hydrogen) atoms. The van der Waals surface area contributed by atoms with E-state index in [0.717, 1.165) is 28.2 Å². The summed E-state index contributed by atoms with van der Waals surface area (Å²) in [6, 6.07) is 7.58. The highest BCUT2D eigenvalue weighted by atomic mass is 35.5. The number of nitrogens with one attached hydrogen (secondary N) is 1. The second-order valence-electron chi connectivity index (χ2n) is 5.03. The van der Waals surface area contributed by atoms with E-state index in [2.05, 4.69) is 5.32 Å². The normalized spacial score (nSPS) is 10.7. The first kappa shape index (κ1) is 14.7. The molecule has 0 aliphatic rings. The third-order valence-electron chi connectivity index (χ3n) is 3.78. The van der Waals surface area contributed by atoms with E-state index in [0.29, 0.717) is 5.02 Å². The zero-order valence-corrected chi connectivity index (χ0v) is 13.0. The second-order valence-corrected chi connectivity index (χ2v) is 5.44. The van der Waals surface area contributed by atoms with Gasteiger partial charge in [-0.25, -0.2) is 0 Å². The minimum atomic E-state index is 0.0885. The van der Waals surface area contributed by atoms with Gasteiger partial charge in [0.05, 0.1) is 6.54 Å². The van der Waals surface area contributed by atoms with E-state index < -0.39 is 0 Å². The Labute approximate surface area is 124 Å². The molecule has 1 heterocycles. The van der Waals surface area contributed by atoms with Crippen molar-refractivity contribution in [1.82, 2.24) is 4.57 Å². The van der Waals surface area contributed by atoms with E-state index >= 15 is 0 Å². The van der Waals surface area contributed by atoms with Gasteiger partial charge in [-0.15, -0.1) is 0 Å². The fourth-order valence-corrected chi connectivity index (χ4v) is 2.38. The lowest BCUT2D eigenvalue weighted by atomic mass is 10.1. The number of anilines is 1. The van der Waals surface area contributed by atoms with Gasteiger partial charge in [0.2, 0.25) is 0 Å². The van der Waals surface area contributed by atoms with Crippen LogP contribution >= 0.6 is 11.6 Å². The highest BCUT2D eigenvalue weighted by molar-refractivity contribution is 6.31. The largest absolute Gasteiger partial charge is 0.377 e. The predicted molar refractivity (Wildman–Crippen MR) is 83.9 cm³/mol. The zero-order valence-electron chi connectivity index (χ0n) is 12.2. The number of rotatable bonds is 4. The molecule has 0 radical (unpaired) electrons. The van der Waals surface area contributed by atoms with Crippen LogP contribution < -0.4 is 5.32 Å². The lowest BCUT2D eigenvalue weighted by Crippen LogP contribution is -2.15. The number of carbonyl (C=O) groups excluding carboxylic acids is 1. The summed E-state index contributed by atoms with van der Waals surface area (Å²) in [5.74, 6) is 0.0885. The SMILES string of the molecule is Cc1c(Cl)cccc1NCC(=O)c1cc(C)n(C)c1C. The van der Waals surface area contributed by atoms with Gasteiger partial charge in [0.1, 0.15) is 0 Å². The molecule has 0 spiro atoms. The number of Topliss-reactive ketones (excluding diaryl/α,β-unsaturated/α-hetero) is 1. The van der Waals surface area contributed by atoms with Crippen molar-refractivity contribution in [2.24, 2.45) is 7.05 Å². The summed E-state index contributed by atoms with van der Waals surface area (Å²) in [6.45, 7) is 6.17. The molecule has 2 aromatic rings. The van der Waals surface area contributed by atoms with Crippen LogP contribution in [0.1, 0.15) is 27.3 Å². The van der Waals surface area contributed by atoms with Crippen LogP contribution in [0.3, 0.4) is 0 Å². The topological polar surface area (TPSA) is 34.0 Å². The predicted octanol–water partition coefficient (Wildman–Crippen LogP) is 3.90. The maximum atomic E-state index is 12.3. The van der Waals surface area contributed by atoms with Crippen molar-refractivity contribution in [2.45, 2.75) is 20.8 Å². The fourth-order valence-electron chi connectivity index (χ4n) is 2.21. The Kier molecular flexibility index (Phi) is 4.19. The monoisotopic (exact) mass is 290 g/mol. The molecule has 0 atom stereocenters. The Morgan fingerprint density at radius 3 is 2.60 bits per heavy atom. The molecule has 1 N–H and O–H groups in total. The number of hydrogen-bond donors (Lipinski definition) is 1. The number of ketones is 1. The molecular weight excluding hydrogens is 272 g/mol. The van der Waals surface area contributed by atoms with Gasteiger partial charge >= 0.3 is 0 Å². The minimum Gasteiger partial charge on any atom is -0.377 e. The maximum absolute atomic E-state index is 12.3. The van der Waals surface area contributed by atoms with Crippen molar-refractivity contribution in [3.8, 4) is 0 Å². The lowest BCUT2D eigenvalue weighted by molar-refractivity contribution is 0.101. The summed E-state index contributed by atoms with van der Waals surface area (Å²) >= 11 is 6.07. The number of carbonyl (C=O) groups is 1. The molecule has 1 aromatic heterocycles. The van der Waals surface area contributed by atoms with E-state index in [1.54, 1.807) is 0 Å². The number of aromatic nitrogens is 1. The molecule has 0 aliphatic carbocycles. The number of halogens is 1. The van der Waals surface area contributed by atoms with Gasteiger partial charge < -0.3 is 9.88 Å². The van der Waals surface area contributed by atoms with E-state index in [1.807, 2.05) is 56.7 Å². The number of aryl methyl sites for hydroxylation is 1. The third kappa shape index (κ3) is 2.73. The standard InChI is InChI=1S/C16H19ClN2O/c1-10-8-13(12(3)19(10)4)16(20)9-18-15-7-5-6-14(17)11(15)2/h5-8,18H,9H2,1-4H3. The van der Waals surface area contributed by atoms with E-state index in [1.165, 1.54) is 0 Å². The van der Waals surface area contributed by atoms with Gasteiger partial charge in [-0.05, 0) is 44.5 Å². The molecule has 4 heteroatoms. The molecule has 0 saturated heterocycles. The summed E-state index contributed by atoms with van der Waals surface area (Å²) in [5.41, 5.74) is 4.72. The number of nitrogens with zero attached hydrogens (tertiary/aromatic N) is 1. The first-order valence-corrected chi connectivity index (χ1v) is 6.94. The molecule has 106 valence electrons. The molecule has 1 aromatic carbocycles. The molecule has 0 saturated carbocycles. The van der Waals surface area contributed by atoms with E-state index in [4.69, 9.17) is 11.6 Å². The molecule has 0 fully saturated rings. The van der Waals surface area contributed by atoms with E-state index in [9.17, 15) is 4.79 Å². The summed E-state index contributed by atoms with van der Waals surface area (Å²) in [4.78, 5) is 12.3. The van der Waals surface area contributed by atoms with Crippen molar-refractivity contribution in [3.05, 3.63) is 51.8 Å². The van der Waals surface area contributed by atoms with Gasteiger partial charge in [-0.3, -0.25) is 4.79 Å². The van der Waals surface area contributed by atoms with Gasteiger partial charge in [0, 0.05) is 34.7 Å². The quantitative estimate of drug-likeness (QED) is 0.867. The molecule has 0 aliphatic heterocycles. The van der Waals surface area contributed by atoms with Crippen molar-refractivity contribution < 1.29 is 4.79 Å².